The number of carbonyl (C=O) groups is 3. The molecule has 0 aliphatic carbocycles. The van der Waals surface area contributed by atoms with Crippen LogP contribution in [0.25, 0.3) is 0 Å². The van der Waals surface area contributed by atoms with Crippen LogP contribution in [0.15, 0.2) is 0 Å². The number of aliphatic carboxylic acids is 1. The quantitative estimate of drug-likeness (QED) is 0.572. The Bertz CT molecular complexity index is 365. The number of nitrogens with one attached hydrogen (secondary N) is 2. The van der Waals surface area contributed by atoms with Crippen LogP contribution >= 0.6 is 0 Å². The van der Waals surface area contributed by atoms with Crippen molar-refractivity contribution in [3.63, 3.8) is 0 Å². The summed E-state index contributed by atoms with van der Waals surface area (Å²) < 4.78 is 0. The molecule has 1 unspecified atom stereocenters. The average molecular weight is 300 g/mol. The number of amides is 2. The Morgan fingerprint density at radius 1 is 1.10 bits per heavy atom. The number of hydrogen-bond acceptors (Lipinski definition) is 3. The van der Waals surface area contributed by atoms with Crippen LogP contribution in [0.2, 0.25) is 0 Å². The molecule has 6 nitrogen and oxygen atoms in total. The zero-order chi connectivity index (χ0) is 16.5. The lowest BCUT2D eigenvalue weighted by atomic mass is 9.79. The molecule has 0 aliphatic heterocycles. The van der Waals surface area contributed by atoms with Gasteiger partial charge in [-0.15, -0.1) is 0 Å². The van der Waals surface area contributed by atoms with E-state index in [-0.39, 0.29) is 37.2 Å². The second-order valence-electron chi connectivity index (χ2n) is 5.45. The van der Waals surface area contributed by atoms with E-state index < -0.39 is 11.4 Å². The fourth-order valence-electron chi connectivity index (χ4n) is 2.01. The van der Waals surface area contributed by atoms with Crippen molar-refractivity contribution in [2.75, 3.05) is 6.54 Å². The molecule has 21 heavy (non-hydrogen) atoms. The van der Waals surface area contributed by atoms with Crippen LogP contribution in [0.3, 0.4) is 0 Å². The topological polar surface area (TPSA) is 95.5 Å². The van der Waals surface area contributed by atoms with Gasteiger partial charge in [0, 0.05) is 25.4 Å². The van der Waals surface area contributed by atoms with Gasteiger partial charge in [-0.05, 0) is 26.2 Å². The van der Waals surface area contributed by atoms with Crippen LogP contribution in [0.5, 0.6) is 0 Å². The predicted octanol–water partition coefficient (Wildman–Crippen LogP) is 1.69. The molecule has 0 aromatic heterocycles. The van der Waals surface area contributed by atoms with Crippen LogP contribution < -0.4 is 10.6 Å². The highest BCUT2D eigenvalue weighted by atomic mass is 16.4. The number of carboxylic acids is 1. The Kier molecular flexibility index (Phi) is 8.66. The van der Waals surface area contributed by atoms with Crippen LogP contribution in [0.4, 0.5) is 0 Å². The van der Waals surface area contributed by atoms with Crippen molar-refractivity contribution >= 4 is 17.8 Å². The molecule has 3 N–H and O–H groups in total. The Hall–Kier alpha value is -1.59. The smallest absolute Gasteiger partial charge is 0.310 e. The number of rotatable bonds is 10. The third-order valence-corrected chi connectivity index (χ3v) is 4.00. The van der Waals surface area contributed by atoms with E-state index in [1.54, 1.807) is 13.8 Å². The first-order valence-electron chi connectivity index (χ1n) is 7.60. The molecule has 2 amide bonds. The van der Waals surface area contributed by atoms with E-state index >= 15 is 0 Å². The van der Waals surface area contributed by atoms with Crippen LogP contribution in [-0.2, 0) is 14.4 Å². The van der Waals surface area contributed by atoms with Crippen LogP contribution in [0.1, 0.15) is 59.8 Å². The van der Waals surface area contributed by atoms with Gasteiger partial charge in [-0.1, -0.05) is 20.8 Å². The predicted molar refractivity (Wildman–Crippen MR) is 80.8 cm³/mol. The van der Waals surface area contributed by atoms with Crippen LogP contribution in [-0.4, -0.2) is 35.5 Å². The van der Waals surface area contributed by atoms with Crippen molar-refractivity contribution < 1.29 is 19.5 Å². The summed E-state index contributed by atoms with van der Waals surface area (Å²) in [6, 6.07) is 0.119. The molecular formula is C15H28N2O4. The Labute approximate surface area is 126 Å². The molecule has 0 spiro atoms. The van der Waals surface area contributed by atoms with Crippen molar-refractivity contribution in [2.24, 2.45) is 5.41 Å². The maximum Gasteiger partial charge on any atom is 0.310 e. The molecule has 0 rings (SSSR count). The number of carbonyl (C=O) groups excluding carboxylic acids is 2. The van der Waals surface area contributed by atoms with Crippen LogP contribution in [0, 0.1) is 5.41 Å². The standard InChI is InChI=1S/C15H28N2O4/c1-5-11(4)17-12(18)8-9-16-13(19)10-15(6-2,7-3)14(20)21/h11H,5-10H2,1-4H3,(H,16,19)(H,17,18)(H,20,21). The highest BCUT2D eigenvalue weighted by Crippen LogP contribution is 2.30. The SMILES string of the molecule is CCC(C)NC(=O)CCNC(=O)CC(CC)(CC)C(=O)O. The van der Waals surface area contributed by atoms with E-state index in [4.69, 9.17) is 0 Å². The van der Waals surface area contributed by atoms with Gasteiger partial charge in [0.15, 0.2) is 0 Å². The summed E-state index contributed by atoms with van der Waals surface area (Å²) in [6.45, 7) is 7.66. The lowest BCUT2D eigenvalue weighted by molar-refractivity contribution is -0.152. The fraction of sp³-hybridized carbons (Fsp3) is 0.800. The van der Waals surface area contributed by atoms with E-state index in [1.807, 2.05) is 13.8 Å². The monoisotopic (exact) mass is 300 g/mol. The summed E-state index contributed by atoms with van der Waals surface area (Å²) in [7, 11) is 0. The highest BCUT2D eigenvalue weighted by molar-refractivity contribution is 5.85. The van der Waals surface area contributed by atoms with Crippen molar-refractivity contribution in [3.8, 4) is 0 Å². The second-order valence-corrected chi connectivity index (χ2v) is 5.45. The minimum atomic E-state index is -1.01. The third-order valence-electron chi connectivity index (χ3n) is 4.00. The maximum absolute atomic E-state index is 11.8. The summed E-state index contributed by atoms with van der Waals surface area (Å²) in [6.07, 6.45) is 1.81. The lowest BCUT2D eigenvalue weighted by Crippen LogP contribution is -2.39. The third kappa shape index (κ3) is 6.60. The van der Waals surface area contributed by atoms with Crippen molar-refractivity contribution in [2.45, 2.75) is 65.8 Å². The first-order valence-corrected chi connectivity index (χ1v) is 7.60. The molecule has 0 heterocycles. The van der Waals surface area contributed by atoms with Gasteiger partial charge in [0.25, 0.3) is 0 Å². The van der Waals surface area contributed by atoms with Gasteiger partial charge >= 0.3 is 5.97 Å². The van der Waals surface area contributed by atoms with Crippen molar-refractivity contribution in [1.29, 1.82) is 0 Å². The maximum atomic E-state index is 11.8. The molecule has 122 valence electrons. The Morgan fingerprint density at radius 2 is 1.67 bits per heavy atom. The van der Waals surface area contributed by atoms with Gasteiger partial charge in [0.2, 0.25) is 11.8 Å². The van der Waals surface area contributed by atoms with Gasteiger partial charge in [0.05, 0.1) is 5.41 Å². The molecule has 0 aromatic rings. The molecule has 0 saturated heterocycles. The summed E-state index contributed by atoms with van der Waals surface area (Å²) in [5.74, 6) is -1.38. The minimum absolute atomic E-state index is 0.0533. The molecule has 0 radical (unpaired) electrons. The summed E-state index contributed by atoms with van der Waals surface area (Å²) in [4.78, 5) is 34.7. The normalized spacial score (nSPS) is 12.6. The molecule has 0 saturated carbocycles. The number of hydrogen-bond donors (Lipinski definition) is 3. The van der Waals surface area contributed by atoms with Gasteiger partial charge in [-0.25, -0.2) is 0 Å². The van der Waals surface area contributed by atoms with E-state index in [2.05, 4.69) is 10.6 Å². The average Bonchev–Trinajstić information content (AvgIpc) is 2.44. The zero-order valence-corrected chi connectivity index (χ0v) is 13.5. The summed E-state index contributed by atoms with van der Waals surface area (Å²) >= 11 is 0. The van der Waals surface area contributed by atoms with E-state index in [0.717, 1.165) is 6.42 Å². The second kappa shape index (κ2) is 9.37. The molecule has 0 aromatic carbocycles. The molecule has 6 heteroatoms. The van der Waals surface area contributed by atoms with E-state index in [9.17, 15) is 19.5 Å². The fourth-order valence-corrected chi connectivity index (χ4v) is 2.01. The Morgan fingerprint density at radius 3 is 2.10 bits per heavy atom. The molecule has 0 bridgehead atoms. The largest absolute Gasteiger partial charge is 0.481 e. The van der Waals surface area contributed by atoms with E-state index in [1.165, 1.54) is 0 Å². The van der Waals surface area contributed by atoms with Crippen molar-refractivity contribution in [1.82, 2.24) is 10.6 Å². The van der Waals surface area contributed by atoms with Gasteiger partial charge in [0.1, 0.15) is 0 Å². The molecule has 0 fully saturated rings. The van der Waals surface area contributed by atoms with Gasteiger partial charge in [-0.2, -0.15) is 0 Å². The van der Waals surface area contributed by atoms with Gasteiger partial charge in [-0.3, -0.25) is 14.4 Å². The van der Waals surface area contributed by atoms with Crippen molar-refractivity contribution in [3.05, 3.63) is 0 Å². The molecule has 1 atom stereocenters. The van der Waals surface area contributed by atoms with E-state index in [0.29, 0.717) is 12.8 Å². The first kappa shape index (κ1) is 19.4. The highest BCUT2D eigenvalue weighted by Gasteiger charge is 2.36. The summed E-state index contributed by atoms with van der Waals surface area (Å²) in [5.41, 5.74) is -1.01. The number of carboxylic acid groups (broad SMARTS) is 1. The van der Waals surface area contributed by atoms with Gasteiger partial charge < -0.3 is 15.7 Å². The molecular weight excluding hydrogens is 272 g/mol. The molecule has 0 aliphatic rings. The Balaban J connectivity index is 4.21. The zero-order valence-electron chi connectivity index (χ0n) is 13.5. The first-order chi connectivity index (χ1) is 9.81. The summed E-state index contributed by atoms with van der Waals surface area (Å²) in [5, 5.41) is 14.7. The lowest BCUT2D eigenvalue weighted by Gasteiger charge is -2.25. The minimum Gasteiger partial charge on any atom is -0.481 e.